The molecule has 2 aliphatic rings. The van der Waals surface area contributed by atoms with Crippen LogP contribution in [-0.4, -0.2) is 37.6 Å². The van der Waals surface area contributed by atoms with Gasteiger partial charge in [-0.15, -0.1) is 0 Å². The Morgan fingerprint density at radius 3 is 2.59 bits per heavy atom. The van der Waals surface area contributed by atoms with Crippen molar-refractivity contribution >= 4 is 29.1 Å². The molecule has 1 atom stereocenters. The second kappa shape index (κ2) is 8.17. The van der Waals surface area contributed by atoms with Crippen LogP contribution in [0.15, 0.2) is 48.5 Å². The number of carbonyl (C=O) groups is 2. The quantitative estimate of drug-likeness (QED) is 0.834. The summed E-state index contributed by atoms with van der Waals surface area (Å²) < 4.78 is 5.53. The van der Waals surface area contributed by atoms with Gasteiger partial charge in [0.1, 0.15) is 6.04 Å². The minimum Gasteiger partial charge on any atom is -0.381 e. The standard InChI is InChI=1S/C23H25ClN2O3/c1-16-5-7-17(8-6-16)23(10-13-29-14-11-23)22(28)25-20-9-12-26(21(20)27)19-4-2-3-18(24)15-19/h2-8,15,20H,9-14H2,1H3,(H,25,28). The van der Waals surface area contributed by atoms with E-state index in [2.05, 4.69) is 5.32 Å². The number of rotatable bonds is 4. The summed E-state index contributed by atoms with van der Waals surface area (Å²) >= 11 is 6.07. The molecule has 0 aromatic heterocycles. The first kappa shape index (κ1) is 19.9. The first-order valence-electron chi connectivity index (χ1n) is 10.0. The van der Waals surface area contributed by atoms with Crippen LogP contribution in [0, 0.1) is 6.92 Å². The third-order valence-corrected chi connectivity index (χ3v) is 6.25. The van der Waals surface area contributed by atoms with Gasteiger partial charge in [-0.3, -0.25) is 9.59 Å². The summed E-state index contributed by atoms with van der Waals surface area (Å²) in [5.41, 5.74) is 2.24. The number of hydrogen-bond acceptors (Lipinski definition) is 3. The van der Waals surface area contributed by atoms with Crippen LogP contribution in [0.3, 0.4) is 0 Å². The Kier molecular flexibility index (Phi) is 5.61. The molecule has 2 fully saturated rings. The zero-order valence-corrected chi connectivity index (χ0v) is 17.2. The summed E-state index contributed by atoms with van der Waals surface area (Å²) in [4.78, 5) is 28.1. The van der Waals surface area contributed by atoms with Crippen LogP contribution >= 0.6 is 11.6 Å². The number of nitrogens with zero attached hydrogens (tertiary/aromatic N) is 1. The monoisotopic (exact) mass is 412 g/mol. The molecule has 0 spiro atoms. The van der Waals surface area contributed by atoms with Crippen molar-refractivity contribution in [1.29, 1.82) is 0 Å². The van der Waals surface area contributed by atoms with Crippen molar-refractivity contribution in [1.82, 2.24) is 5.32 Å². The zero-order valence-electron chi connectivity index (χ0n) is 16.5. The molecule has 2 aliphatic heterocycles. The van der Waals surface area contributed by atoms with E-state index in [9.17, 15) is 9.59 Å². The Bertz CT molecular complexity index is 907. The normalized spacial score (nSPS) is 21.2. The van der Waals surface area contributed by atoms with Crippen molar-refractivity contribution in [2.45, 2.75) is 37.6 Å². The number of nitrogens with one attached hydrogen (secondary N) is 1. The Balaban J connectivity index is 1.54. The van der Waals surface area contributed by atoms with Gasteiger partial charge in [0.05, 0.1) is 5.41 Å². The number of carbonyl (C=O) groups excluding carboxylic acids is 2. The second-order valence-electron chi connectivity index (χ2n) is 7.84. The molecule has 1 unspecified atom stereocenters. The minimum absolute atomic E-state index is 0.0871. The highest BCUT2D eigenvalue weighted by atomic mass is 35.5. The Morgan fingerprint density at radius 1 is 1.17 bits per heavy atom. The van der Waals surface area contributed by atoms with Crippen molar-refractivity contribution in [2.24, 2.45) is 0 Å². The van der Waals surface area contributed by atoms with Gasteiger partial charge in [-0.1, -0.05) is 47.5 Å². The van der Waals surface area contributed by atoms with Crippen LogP contribution in [0.2, 0.25) is 5.02 Å². The molecular weight excluding hydrogens is 388 g/mol. The van der Waals surface area contributed by atoms with E-state index in [4.69, 9.17) is 16.3 Å². The van der Waals surface area contributed by atoms with Crippen molar-refractivity contribution in [3.05, 3.63) is 64.7 Å². The lowest BCUT2D eigenvalue weighted by molar-refractivity contribution is -0.133. The number of ether oxygens (including phenoxy) is 1. The maximum absolute atomic E-state index is 13.4. The summed E-state index contributed by atoms with van der Waals surface area (Å²) in [5.74, 6) is -0.178. The van der Waals surface area contributed by atoms with E-state index in [1.165, 1.54) is 0 Å². The summed E-state index contributed by atoms with van der Waals surface area (Å²) in [6, 6.07) is 14.8. The maximum atomic E-state index is 13.4. The van der Waals surface area contributed by atoms with Gasteiger partial charge in [0, 0.05) is 30.5 Å². The lowest BCUT2D eigenvalue weighted by Crippen LogP contribution is -2.52. The van der Waals surface area contributed by atoms with Crippen LogP contribution in [-0.2, 0) is 19.7 Å². The fraction of sp³-hybridized carbons (Fsp3) is 0.391. The van der Waals surface area contributed by atoms with Crippen LogP contribution in [0.25, 0.3) is 0 Å². The molecule has 2 aromatic carbocycles. The molecule has 29 heavy (non-hydrogen) atoms. The SMILES string of the molecule is Cc1ccc(C2(C(=O)NC3CCN(c4cccc(Cl)c4)C3=O)CCOCC2)cc1. The van der Waals surface area contributed by atoms with Crippen LogP contribution in [0.5, 0.6) is 0 Å². The van der Waals surface area contributed by atoms with Crippen LogP contribution in [0.4, 0.5) is 5.69 Å². The van der Waals surface area contributed by atoms with E-state index < -0.39 is 11.5 Å². The first-order valence-corrected chi connectivity index (χ1v) is 10.4. The molecule has 0 bridgehead atoms. The molecule has 2 amide bonds. The fourth-order valence-corrected chi connectivity index (χ4v) is 4.43. The van der Waals surface area contributed by atoms with E-state index in [1.54, 1.807) is 17.0 Å². The van der Waals surface area contributed by atoms with Crippen molar-refractivity contribution in [3.8, 4) is 0 Å². The molecule has 152 valence electrons. The zero-order chi connectivity index (χ0) is 20.4. The maximum Gasteiger partial charge on any atom is 0.249 e. The highest BCUT2D eigenvalue weighted by Crippen LogP contribution is 2.36. The number of halogens is 1. The predicted octanol–water partition coefficient (Wildman–Crippen LogP) is 3.62. The van der Waals surface area contributed by atoms with Gasteiger partial charge >= 0.3 is 0 Å². The highest BCUT2D eigenvalue weighted by Gasteiger charge is 2.44. The summed E-state index contributed by atoms with van der Waals surface area (Å²) in [6.07, 6.45) is 1.80. The molecule has 0 radical (unpaired) electrons. The van der Waals surface area contributed by atoms with Gasteiger partial charge in [-0.25, -0.2) is 0 Å². The molecule has 1 N–H and O–H groups in total. The summed E-state index contributed by atoms with van der Waals surface area (Å²) in [6.45, 7) is 3.66. The third kappa shape index (κ3) is 3.89. The van der Waals surface area contributed by atoms with Gasteiger partial charge in [0.25, 0.3) is 0 Å². The molecular formula is C23H25ClN2O3. The predicted molar refractivity (Wildman–Crippen MR) is 113 cm³/mol. The van der Waals surface area contributed by atoms with Gasteiger partial charge in [-0.05, 0) is 49.9 Å². The first-order chi connectivity index (χ1) is 14.0. The second-order valence-corrected chi connectivity index (χ2v) is 8.28. The highest BCUT2D eigenvalue weighted by molar-refractivity contribution is 6.31. The van der Waals surface area contributed by atoms with Crippen LogP contribution < -0.4 is 10.2 Å². The fourth-order valence-electron chi connectivity index (χ4n) is 4.25. The largest absolute Gasteiger partial charge is 0.381 e. The lowest BCUT2D eigenvalue weighted by atomic mass is 9.73. The van der Waals surface area contributed by atoms with E-state index in [-0.39, 0.29) is 11.8 Å². The van der Waals surface area contributed by atoms with Crippen molar-refractivity contribution in [3.63, 3.8) is 0 Å². The molecule has 4 rings (SSSR count). The summed E-state index contributed by atoms with van der Waals surface area (Å²) in [5, 5.41) is 3.63. The molecule has 0 aliphatic carbocycles. The minimum atomic E-state index is -0.657. The number of benzene rings is 2. The molecule has 6 heteroatoms. The van der Waals surface area contributed by atoms with Gasteiger partial charge in [-0.2, -0.15) is 0 Å². The number of aryl methyl sites for hydroxylation is 1. The van der Waals surface area contributed by atoms with Gasteiger partial charge in [0.15, 0.2) is 0 Å². The Morgan fingerprint density at radius 2 is 1.90 bits per heavy atom. The third-order valence-electron chi connectivity index (χ3n) is 6.02. The number of amides is 2. The van der Waals surface area contributed by atoms with E-state index in [1.807, 2.05) is 43.3 Å². The van der Waals surface area contributed by atoms with E-state index in [0.717, 1.165) is 16.8 Å². The average molecular weight is 413 g/mol. The smallest absolute Gasteiger partial charge is 0.249 e. The Labute approximate surface area is 176 Å². The van der Waals surface area contributed by atoms with Gasteiger partial charge in [0.2, 0.25) is 11.8 Å². The van der Waals surface area contributed by atoms with E-state index >= 15 is 0 Å². The average Bonchev–Trinajstić information content (AvgIpc) is 3.09. The molecule has 2 aromatic rings. The Hall–Kier alpha value is -2.37. The molecule has 0 saturated carbocycles. The molecule has 2 saturated heterocycles. The lowest BCUT2D eigenvalue weighted by Gasteiger charge is -2.37. The van der Waals surface area contributed by atoms with E-state index in [0.29, 0.717) is 44.0 Å². The van der Waals surface area contributed by atoms with Gasteiger partial charge < -0.3 is 15.0 Å². The van der Waals surface area contributed by atoms with Crippen molar-refractivity contribution in [2.75, 3.05) is 24.7 Å². The number of anilines is 1. The van der Waals surface area contributed by atoms with Crippen LogP contribution in [0.1, 0.15) is 30.4 Å². The summed E-state index contributed by atoms with van der Waals surface area (Å²) in [7, 11) is 0. The number of hydrogen-bond donors (Lipinski definition) is 1. The van der Waals surface area contributed by atoms with Crippen molar-refractivity contribution < 1.29 is 14.3 Å². The molecule has 2 heterocycles. The topological polar surface area (TPSA) is 58.6 Å². The molecule has 5 nitrogen and oxygen atoms in total.